The third-order valence-corrected chi connectivity index (χ3v) is 1.84. The Morgan fingerprint density at radius 2 is 2.46 bits per heavy atom. The van der Waals surface area contributed by atoms with Crippen LogP contribution in [0.4, 0.5) is 4.39 Å². The van der Waals surface area contributed by atoms with E-state index in [0.29, 0.717) is 11.5 Å². The lowest BCUT2D eigenvalue weighted by atomic mass is 10.3. The zero-order valence-corrected chi connectivity index (χ0v) is 7.49. The molecule has 0 bridgehead atoms. The van der Waals surface area contributed by atoms with E-state index in [9.17, 15) is 9.18 Å². The highest BCUT2D eigenvalue weighted by atomic mass is 19.1. The van der Waals surface area contributed by atoms with E-state index in [1.165, 1.54) is 17.7 Å². The topological polar surface area (TPSA) is 55.1 Å². The number of imidazole rings is 1. The van der Waals surface area contributed by atoms with Crippen LogP contribution in [0.3, 0.4) is 0 Å². The van der Waals surface area contributed by atoms with Gasteiger partial charge in [0.2, 0.25) is 0 Å². The van der Waals surface area contributed by atoms with E-state index >= 15 is 0 Å². The number of alkyl halides is 1. The number of hydrogen-bond donors (Lipinski definition) is 1. The molecule has 0 fully saturated rings. The summed E-state index contributed by atoms with van der Waals surface area (Å²) >= 11 is 0. The average molecular weight is 186 g/mol. The van der Waals surface area contributed by atoms with E-state index in [-0.39, 0.29) is 6.42 Å². The van der Waals surface area contributed by atoms with Crippen LogP contribution in [0.15, 0.2) is 6.20 Å². The van der Waals surface area contributed by atoms with Crippen LogP contribution in [0.5, 0.6) is 0 Å². The Hall–Kier alpha value is -1.39. The molecule has 0 amide bonds. The molecule has 0 aliphatic rings. The standard InChI is InChI=1S/C8H11FN2O2/c1-5(9)6-4-10-7(11(6)2)3-8(12)13/h4-5H,3H2,1-2H3,(H,12,13). The van der Waals surface area contributed by atoms with Gasteiger partial charge in [0.25, 0.3) is 0 Å². The number of halogens is 1. The highest BCUT2D eigenvalue weighted by molar-refractivity contribution is 5.69. The van der Waals surface area contributed by atoms with Crippen molar-refractivity contribution in [3.05, 3.63) is 17.7 Å². The second-order valence-electron chi connectivity index (χ2n) is 2.84. The summed E-state index contributed by atoms with van der Waals surface area (Å²) in [6.45, 7) is 1.39. The Balaban J connectivity index is 2.92. The lowest BCUT2D eigenvalue weighted by molar-refractivity contribution is -0.136. The Labute approximate surface area is 75.0 Å². The quantitative estimate of drug-likeness (QED) is 0.768. The molecular weight excluding hydrogens is 175 g/mol. The van der Waals surface area contributed by atoms with Gasteiger partial charge in [0.1, 0.15) is 18.4 Å². The van der Waals surface area contributed by atoms with Crippen LogP contribution < -0.4 is 0 Å². The van der Waals surface area contributed by atoms with Crippen molar-refractivity contribution in [2.75, 3.05) is 0 Å². The average Bonchev–Trinajstić information content (AvgIpc) is 2.32. The van der Waals surface area contributed by atoms with Crippen molar-refractivity contribution < 1.29 is 14.3 Å². The van der Waals surface area contributed by atoms with Crippen LogP contribution in [-0.2, 0) is 18.3 Å². The number of carbonyl (C=O) groups is 1. The van der Waals surface area contributed by atoms with E-state index in [0.717, 1.165) is 0 Å². The molecule has 4 nitrogen and oxygen atoms in total. The van der Waals surface area contributed by atoms with Gasteiger partial charge in [-0.2, -0.15) is 0 Å². The normalized spacial score (nSPS) is 12.8. The number of aromatic nitrogens is 2. The maximum atomic E-state index is 12.8. The Morgan fingerprint density at radius 3 is 2.85 bits per heavy atom. The summed E-state index contributed by atoms with van der Waals surface area (Å²) in [6.07, 6.45) is 0.0617. The van der Waals surface area contributed by atoms with Gasteiger partial charge in [-0.25, -0.2) is 9.37 Å². The second kappa shape index (κ2) is 3.55. The van der Waals surface area contributed by atoms with Crippen LogP contribution >= 0.6 is 0 Å². The number of carboxylic acids is 1. The van der Waals surface area contributed by atoms with E-state index in [1.807, 2.05) is 0 Å². The van der Waals surface area contributed by atoms with E-state index < -0.39 is 12.1 Å². The van der Waals surface area contributed by atoms with Crippen molar-refractivity contribution in [3.63, 3.8) is 0 Å². The molecule has 5 heteroatoms. The van der Waals surface area contributed by atoms with E-state index in [1.54, 1.807) is 7.05 Å². The fourth-order valence-corrected chi connectivity index (χ4v) is 1.13. The third-order valence-electron chi connectivity index (χ3n) is 1.84. The number of nitrogens with zero attached hydrogens (tertiary/aromatic N) is 2. The first-order valence-electron chi connectivity index (χ1n) is 3.88. The molecule has 72 valence electrons. The molecule has 1 unspecified atom stereocenters. The molecule has 0 aliphatic carbocycles. The lowest BCUT2D eigenvalue weighted by Crippen LogP contribution is -2.08. The molecule has 1 N–H and O–H groups in total. The summed E-state index contributed by atoms with van der Waals surface area (Å²) in [4.78, 5) is 14.2. The minimum atomic E-state index is -1.12. The molecule has 1 heterocycles. The monoisotopic (exact) mass is 186 g/mol. The van der Waals surface area contributed by atoms with Gasteiger partial charge in [0, 0.05) is 7.05 Å². The Kier molecular flexibility index (Phi) is 2.65. The summed E-state index contributed by atoms with van der Waals surface area (Å²) in [5.74, 6) is -0.598. The van der Waals surface area contributed by atoms with Gasteiger partial charge in [-0.1, -0.05) is 0 Å². The molecule has 1 aromatic rings. The maximum Gasteiger partial charge on any atom is 0.311 e. The van der Waals surface area contributed by atoms with Crippen LogP contribution in [0.1, 0.15) is 24.6 Å². The number of rotatable bonds is 3. The number of aliphatic carboxylic acids is 1. The Bertz CT molecular complexity index is 320. The minimum absolute atomic E-state index is 0.177. The summed E-state index contributed by atoms with van der Waals surface area (Å²) in [5.41, 5.74) is 0.399. The lowest BCUT2D eigenvalue weighted by Gasteiger charge is -2.04. The van der Waals surface area contributed by atoms with Crippen molar-refractivity contribution in [1.82, 2.24) is 9.55 Å². The molecule has 13 heavy (non-hydrogen) atoms. The molecule has 0 aromatic carbocycles. The van der Waals surface area contributed by atoms with Crippen molar-refractivity contribution in [1.29, 1.82) is 0 Å². The summed E-state index contributed by atoms with van der Waals surface area (Å²) in [7, 11) is 1.61. The number of hydrogen-bond acceptors (Lipinski definition) is 2. The van der Waals surface area contributed by atoms with Crippen molar-refractivity contribution in [3.8, 4) is 0 Å². The molecule has 0 spiro atoms. The van der Waals surface area contributed by atoms with Crippen molar-refractivity contribution >= 4 is 5.97 Å². The predicted molar refractivity (Wildman–Crippen MR) is 44.1 cm³/mol. The smallest absolute Gasteiger partial charge is 0.311 e. The van der Waals surface area contributed by atoms with Gasteiger partial charge in [0.05, 0.1) is 11.9 Å². The van der Waals surface area contributed by atoms with Crippen LogP contribution in [0, 0.1) is 0 Å². The zero-order valence-electron chi connectivity index (χ0n) is 7.49. The Morgan fingerprint density at radius 1 is 1.85 bits per heavy atom. The van der Waals surface area contributed by atoms with E-state index in [2.05, 4.69) is 4.98 Å². The van der Waals surface area contributed by atoms with Gasteiger partial charge in [-0.15, -0.1) is 0 Å². The van der Waals surface area contributed by atoms with Gasteiger partial charge in [-0.05, 0) is 6.92 Å². The third kappa shape index (κ3) is 2.05. The fraction of sp³-hybridized carbons (Fsp3) is 0.500. The fourth-order valence-electron chi connectivity index (χ4n) is 1.13. The van der Waals surface area contributed by atoms with Gasteiger partial charge >= 0.3 is 5.97 Å². The van der Waals surface area contributed by atoms with Gasteiger partial charge < -0.3 is 9.67 Å². The van der Waals surface area contributed by atoms with Gasteiger partial charge in [0.15, 0.2) is 0 Å². The highest BCUT2D eigenvalue weighted by Gasteiger charge is 2.13. The summed E-state index contributed by atoms with van der Waals surface area (Å²) in [5, 5.41) is 8.49. The highest BCUT2D eigenvalue weighted by Crippen LogP contribution is 2.16. The molecule has 0 saturated carbocycles. The first-order chi connectivity index (χ1) is 6.02. The first kappa shape index (κ1) is 9.70. The molecule has 0 aliphatic heterocycles. The van der Waals surface area contributed by atoms with Crippen LogP contribution in [0.25, 0.3) is 0 Å². The van der Waals surface area contributed by atoms with Gasteiger partial charge in [-0.3, -0.25) is 4.79 Å². The molecule has 0 radical (unpaired) electrons. The zero-order chi connectivity index (χ0) is 10.0. The van der Waals surface area contributed by atoms with Crippen molar-refractivity contribution in [2.24, 2.45) is 7.05 Å². The molecule has 1 atom stereocenters. The minimum Gasteiger partial charge on any atom is -0.481 e. The molecule has 1 rings (SSSR count). The largest absolute Gasteiger partial charge is 0.481 e. The second-order valence-corrected chi connectivity index (χ2v) is 2.84. The first-order valence-corrected chi connectivity index (χ1v) is 3.88. The maximum absolute atomic E-state index is 12.8. The van der Waals surface area contributed by atoms with Crippen LogP contribution in [0.2, 0.25) is 0 Å². The van der Waals surface area contributed by atoms with E-state index in [4.69, 9.17) is 5.11 Å². The summed E-state index contributed by atoms with van der Waals surface area (Å²) in [6, 6.07) is 0. The predicted octanol–water partition coefficient (Wildman–Crippen LogP) is 1.08. The number of carboxylic acid groups (broad SMARTS) is 1. The molecular formula is C8H11FN2O2. The van der Waals surface area contributed by atoms with Crippen molar-refractivity contribution in [2.45, 2.75) is 19.5 Å². The molecule has 0 saturated heterocycles. The summed E-state index contributed by atoms with van der Waals surface area (Å²) < 4.78 is 14.3. The molecule has 1 aromatic heterocycles. The van der Waals surface area contributed by atoms with Crippen LogP contribution in [-0.4, -0.2) is 20.6 Å². The SMILES string of the molecule is CC(F)c1cnc(CC(=O)O)n1C.